The molecular formula is C31H39N3O7. The Morgan fingerprint density at radius 2 is 1.61 bits per heavy atom. The molecule has 2 atom stereocenters. The van der Waals surface area contributed by atoms with Crippen molar-refractivity contribution in [2.24, 2.45) is 0 Å². The number of amides is 3. The molecule has 3 amide bonds. The van der Waals surface area contributed by atoms with E-state index < -0.39 is 35.7 Å². The van der Waals surface area contributed by atoms with Crippen molar-refractivity contribution in [2.45, 2.75) is 83.5 Å². The second-order valence-electron chi connectivity index (χ2n) is 11.1. The van der Waals surface area contributed by atoms with Gasteiger partial charge in [0.05, 0.1) is 0 Å². The fraction of sp³-hybridized carbons (Fsp3) is 0.452. The van der Waals surface area contributed by atoms with E-state index in [-0.39, 0.29) is 43.9 Å². The highest BCUT2D eigenvalue weighted by Crippen LogP contribution is 2.25. The van der Waals surface area contributed by atoms with Gasteiger partial charge in [0, 0.05) is 37.9 Å². The average molecular weight is 566 g/mol. The molecule has 3 rings (SSSR count). The van der Waals surface area contributed by atoms with Gasteiger partial charge >= 0.3 is 12.1 Å². The Balaban J connectivity index is 1.60. The second-order valence-corrected chi connectivity index (χ2v) is 11.1. The highest BCUT2D eigenvalue weighted by molar-refractivity contribution is 5.98. The number of benzene rings is 2. The number of nitrogens with one attached hydrogen (secondary N) is 2. The number of rotatable bonds is 12. The summed E-state index contributed by atoms with van der Waals surface area (Å²) in [6.07, 6.45) is 0.720. The van der Waals surface area contributed by atoms with Crippen LogP contribution >= 0.6 is 0 Å². The van der Waals surface area contributed by atoms with Crippen LogP contribution in [0.25, 0.3) is 0 Å². The van der Waals surface area contributed by atoms with Gasteiger partial charge in [-0.25, -0.2) is 9.59 Å². The molecule has 0 aliphatic carbocycles. The van der Waals surface area contributed by atoms with Crippen LogP contribution in [0.3, 0.4) is 0 Å². The zero-order valence-corrected chi connectivity index (χ0v) is 23.9. The maximum atomic E-state index is 13.4. The van der Waals surface area contributed by atoms with Crippen LogP contribution in [0.4, 0.5) is 4.79 Å². The minimum Gasteiger partial charge on any atom is -0.480 e. The number of carboxylic acids is 1. The first kappa shape index (κ1) is 31.3. The number of ketones is 1. The first-order valence-corrected chi connectivity index (χ1v) is 13.9. The highest BCUT2D eigenvalue weighted by Gasteiger charge is 2.36. The Labute approximate surface area is 240 Å². The number of ether oxygens (including phenoxy) is 1. The molecule has 0 saturated carbocycles. The Morgan fingerprint density at radius 1 is 0.951 bits per heavy atom. The van der Waals surface area contributed by atoms with Crippen molar-refractivity contribution in [3.05, 3.63) is 71.3 Å². The molecule has 0 aromatic heterocycles. The maximum absolute atomic E-state index is 13.4. The lowest BCUT2D eigenvalue weighted by molar-refractivity contribution is -0.145. The molecule has 0 radical (unpaired) electrons. The van der Waals surface area contributed by atoms with Gasteiger partial charge in [-0.3, -0.25) is 14.4 Å². The van der Waals surface area contributed by atoms with Crippen molar-refractivity contribution in [3.8, 4) is 0 Å². The lowest BCUT2D eigenvalue weighted by Gasteiger charge is -2.36. The lowest BCUT2D eigenvalue weighted by atomic mass is 9.92. The normalized spacial score (nSPS) is 15.3. The van der Waals surface area contributed by atoms with Crippen LogP contribution < -0.4 is 10.6 Å². The fourth-order valence-corrected chi connectivity index (χ4v) is 4.66. The van der Waals surface area contributed by atoms with Crippen molar-refractivity contribution in [2.75, 3.05) is 6.54 Å². The third kappa shape index (κ3) is 9.73. The van der Waals surface area contributed by atoms with Crippen LogP contribution in [-0.4, -0.2) is 63.9 Å². The standard InChI is InChI=1S/C31H39N3O7/c1-31(2,3)41-30(40)32-18-10-9-15-24(29(38)39)33-28(37)25-19-22-13-7-8-14-23(22)20-34(25)27(36)17-16-26(35)21-11-5-4-6-12-21/h4-8,11-14,24-25H,9-10,15-20H2,1-3H3,(H,32,40)(H,33,37)(H,38,39)/t24-,25-/m0/s1. The summed E-state index contributed by atoms with van der Waals surface area (Å²) in [7, 11) is 0. The fourth-order valence-electron chi connectivity index (χ4n) is 4.66. The van der Waals surface area contributed by atoms with Crippen molar-refractivity contribution < 1.29 is 33.8 Å². The zero-order chi connectivity index (χ0) is 30.0. The Bertz CT molecular complexity index is 1240. The molecule has 0 saturated heterocycles. The summed E-state index contributed by atoms with van der Waals surface area (Å²) < 4.78 is 5.18. The minimum absolute atomic E-state index is 0.00438. The molecule has 2 aromatic carbocycles. The quantitative estimate of drug-likeness (QED) is 0.262. The monoisotopic (exact) mass is 565 g/mol. The van der Waals surface area contributed by atoms with E-state index in [0.717, 1.165) is 11.1 Å². The van der Waals surface area contributed by atoms with E-state index in [1.165, 1.54) is 4.90 Å². The molecule has 0 fully saturated rings. The Morgan fingerprint density at radius 3 is 2.27 bits per heavy atom. The van der Waals surface area contributed by atoms with Gasteiger partial charge in [0.2, 0.25) is 11.8 Å². The number of carbonyl (C=O) groups excluding carboxylic acids is 4. The summed E-state index contributed by atoms with van der Waals surface area (Å²) in [6.45, 7) is 5.78. The van der Waals surface area contributed by atoms with Gasteiger partial charge in [-0.2, -0.15) is 0 Å². The number of alkyl carbamates (subject to hydrolysis) is 1. The number of Topliss-reactive ketones (excluding diaryl/α,β-unsaturated/α-hetero) is 1. The Kier molecular flexibility index (Phi) is 11.0. The predicted molar refractivity (Wildman–Crippen MR) is 152 cm³/mol. The molecule has 1 aliphatic heterocycles. The highest BCUT2D eigenvalue weighted by atomic mass is 16.6. The van der Waals surface area contributed by atoms with Crippen molar-refractivity contribution in [1.82, 2.24) is 15.5 Å². The summed E-state index contributed by atoms with van der Waals surface area (Å²) in [6, 6.07) is 14.2. The van der Waals surface area contributed by atoms with Gasteiger partial charge in [0.15, 0.2) is 5.78 Å². The van der Waals surface area contributed by atoms with Crippen LogP contribution in [0.2, 0.25) is 0 Å². The van der Waals surface area contributed by atoms with Gasteiger partial charge < -0.3 is 25.4 Å². The summed E-state index contributed by atoms with van der Waals surface area (Å²) in [5, 5.41) is 15.0. The molecular weight excluding hydrogens is 526 g/mol. The van der Waals surface area contributed by atoms with E-state index in [0.29, 0.717) is 24.9 Å². The molecule has 0 spiro atoms. The van der Waals surface area contributed by atoms with Crippen LogP contribution in [-0.2, 0) is 32.1 Å². The third-order valence-electron chi connectivity index (χ3n) is 6.74. The van der Waals surface area contributed by atoms with Gasteiger partial charge in [-0.1, -0.05) is 54.6 Å². The molecule has 3 N–H and O–H groups in total. The lowest BCUT2D eigenvalue weighted by Crippen LogP contribution is -2.55. The minimum atomic E-state index is -1.18. The molecule has 220 valence electrons. The van der Waals surface area contributed by atoms with Gasteiger partial charge in [0.1, 0.15) is 17.7 Å². The topological polar surface area (TPSA) is 142 Å². The summed E-state index contributed by atoms with van der Waals surface area (Å²) in [5.74, 6) is -2.24. The molecule has 0 unspecified atom stereocenters. The van der Waals surface area contributed by atoms with E-state index in [4.69, 9.17) is 4.74 Å². The number of nitrogens with zero attached hydrogens (tertiary/aromatic N) is 1. The van der Waals surface area contributed by atoms with Crippen molar-refractivity contribution in [3.63, 3.8) is 0 Å². The van der Waals surface area contributed by atoms with Crippen molar-refractivity contribution >= 4 is 29.7 Å². The molecule has 10 heteroatoms. The van der Waals surface area contributed by atoms with Gasteiger partial charge in [-0.05, 0) is 51.2 Å². The second kappa shape index (κ2) is 14.4. The first-order valence-electron chi connectivity index (χ1n) is 13.9. The first-order chi connectivity index (χ1) is 19.4. The van der Waals surface area contributed by atoms with Crippen LogP contribution in [0, 0.1) is 0 Å². The van der Waals surface area contributed by atoms with Crippen LogP contribution in [0.5, 0.6) is 0 Å². The van der Waals surface area contributed by atoms with Gasteiger partial charge in [0.25, 0.3) is 0 Å². The van der Waals surface area contributed by atoms with Crippen LogP contribution in [0.15, 0.2) is 54.6 Å². The maximum Gasteiger partial charge on any atom is 0.407 e. The van der Waals surface area contributed by atoms with Crippen molar-refractivity contribution in [1.29, 1.82) is 0 Å². The number of aliphatic carboxylic acids is 1. The zero-order valence-electron chi connectivity index (χ0n) is 23.9. The molecule has 2 aromatic rings. The predicted octanol–water partition coefficient (Wildman–Crippen LogP) is 3.87. The molecule has 41 heavy (non-hydrogen) atoms. The van der Waals surface area contributed by atoms with E-state index >= 15 is 0 Å². The summed E-state index contributed by atoms with van der Waals surface area (Å²) in [4.78, 5) is 64.4. The summed E-state index contributed by atoms with van der Waals surface area (Å²) in [5.41, 5.74) is 1.72. The molecule has 10 nitrogen and oxygen atoms in total. The SMILES string of the molecule is CC(C)(C)OC(=O)NCCCC[C@H](NC(=O)[C@@H]1Cc2ccccc2CN1C(=O)CCC(=O)c1ccccc1)C(=O)O. The van der Waals surface area contributed by atoms with Crippen LogP contribution in [0.1, 0.15) is 74.4 Å². The van der Waals surface area contributed by atoms with E-state index in [2.05, 4.69) is 10.6 Å². The third-order valence-corrected chi connectivity index (χ3v) is 6.74. The summed E-state index contributed by atoms with van der Waals surface area (Å²) >= 11 is 0. The number of carbonyl (C=O) groups is 5. The van der Waals surface area contributed by atoms with Gasteiger partial charge in [-0.15, -0.1) is 0 Å². The number of carboxylic acid groups (broad SMARTS) is 1. The largest absolute Gasteiger partial charge is 0.480 e. The van der Waals surface area contributed by atoms with E-state index in [9.17, 15) is 29.1 Å². The van der Waals surface area contributed by atoms with E-state index in [1.807, 2.05) is 30.3 Å². The smallest absolute Gasteiger partial charge is 0.407 e. The van der Waals surface area contributed by atoms with E-state index in [1.54, 1.807) is 45.0 Å². The molecule has 0 bridgehead atoms. The number of hydrogen-bond donors (Lipinski definition) is 3. The number of fused-ring (bicyclic) bond motifs is 1. The number of unbranched alkanes of at least 4 members (excludes halogenated alkanes) is 1. The number of hydrogen-bond acceptors (Lipinski definition) is 6. The molecule has 1 heterocycles. The molecule has 1 aliphatic rings. The Hall–Kier alpha value is -4.21. The average Bonchev–Trinajstić information content (AvgIpc) is 2.93.